The monoisotopic (exact) mass is 173 g/mol. The van der Waals surface area contributed by atoms with Gasteiger partial charge < -0.3 is 5.73 Å². The minimum atomic E-state index is 0.509. The van der Waals surface area contributed by atoms with Crippen molar-refractivity contribution in [1.82, 2.24) is 9.97 Å². The van der Waals surface area contributed by atoms with Crippen LogP contribution in [0.2, 0.25) is 0 Å². The molecule has 0 aliphatic heterocycles. The van der Waals surface area contributed by atoms with Gasteiger partial charge in [0.05, 0.1) is 16.7 Å². The number of para-hydroxylation sites is 1. The maximum absolute atomic E-state index is 5.60. The van der Waals surface area contributed by atoms with Gasteiger partial charge in [-0.25, -0.2) is 4.98 Å². The molecule has 66 valence electrons. The lowest BCUT2D eigenvalue weighted by Crippen LogP contribution is -1.99. The summed E-state index contributed by atoms with van der Waals surface area (Å²) in [5.41, 5.74) is 9.40. The Morgan fingerprint density at radius 2 is 2.23 bits per heavy atom. The Morgan fingerprint density at radius 3 is 3.00 bits per heavy atom. The molecule has 2 rings (SSSR count). The van der Waals surface area contributed by atoms with Crippen molar-refractivity contribution in [1.29, 1.82) is 0 Å². The van der Waals surface area contributed by atoms with E-state index in [1.807, 2.05) is 25.1 Å². The fourth-order valence-electron chi connectivity index (χ4n) is 1.34. The molecule has 0 fully saturated rings. The third kappa shape index (κ3) is 1.38. The Labute approximate surface area is 76.6 Å². The normalized spacial score (nSPS) is 10.6. The molecule has 0 atom stereocenters. The molecule has 1 aromatic heterocycles. The minimum Gasteiger partial charge on any atom is -0.326 e. The molecule has 0 radical (unpaired) electrons. The van der Waals surface area contributed by atoms with Crippen molar-refractivity contribution in [3.05, 3.63) is 35.7 Å². The van der Waals surface area contributed by atoms with Gasteiger partial charge in [0.15, 0.2) is 0 Å². The SMILES string of the molecule is Cc1cnc2cccc(CN)c2n1. The summed E-state index contributed by atoms with van der Waals surface area (Å²) in [4.78, 5) is 8.68. The van der Waals surface area contributed by atoms with E-state index in [0.29, 0.717) is 6.54 Å². The molecular formula is C10H11N3. The second-order valence-corrected chi connectivity index (χ2v) is 3.00. The first-order valence-corrected chi connectivity index (χ1v) is 4.22. The Kier molecular flexibility index (Phi) is 1.94. The summed E-state index contributed by atoms with van der Waals surface area (Å²) in [7, 11) is 0. The van der Waals surface area contributed by atoms with Crippen LogP contribution in [0, 0.1) is 6.92 Å². The summed E-state index contributed by atoms with van der Waals surface area (Å²) in [5.74, 6) is 0. The Balaban J connectivity index is 2.79. The molecule has 0 amide bonds. The van der Waals surface area contributed by atoms with Gasteiger partial charge in [-0.1, -0.05) is 12.1 Å². The molecule has 2 N–H and O–H groups in total. The first kappa shape index (κ1) is 8.13. The van der Waals surface area contributed by atoms with Crippen molar-refractivity contribution in [2.24, 2.45) is 5.73 Å². The van der Waals surface area contributed by atoms with E-state index in [1.54, 1.807) is 6.20 Å². The second-order valence-electron chi connectivity index (χ2n) is 3.00. The van der Waals surface area contributed by atoms with Gasteiger partial charge in [0, 0.05) is 12.7 Å². The lowest BCUT2D eigenvalue weighted by Gasteiger charge is -2.02. The average molecular weight is 173 g/mol. The van der Waals surface area contributed by atoms with E-state index in [-0.39, 0.29) is 0 Å². The zero-order valence-electron chi connectivity index (χ0n) is 7.49. The van der Waals surface area contributed by atoms with E-state index >= 15 is 0 Å². The molecule has 1 heterocycles. The molecule has 3 nitrogen and oxygen atoms in total. The highest BCUT2D eigenvalue weighted by Gasteiger charge is 2.00. The highest BCUT2D eigenvalue weighted by atomic mass is 14.8. The van der Waals surface area contributed by atoms with Crippen molar-refractivity contribution in [3.63, 3.8) is 0 Å². The van der Waals surface area contributed by atoms with Gasteiger partial charge in [0.2, 0.25) is 0 Å². The number of aryl methyl sites for hydroxylation is 1. The molecule has 0 saturated carbocycles. The summed E-state index contributed by atoms with van der Waals surface area (Å²) < 4.78 is 0. The van der Waals surface area contributed by atoms with E-state index in [4.69, 9.17) is 5.73 Å². The molecule has 13 heavy (non-hydrogen) atoms. The summed E-state index contributed by atoms with van der Waals surface area (Å²) in [6.45, 7) is 2.44. The third-order valence-electron chi connectivity index (χ3n) is 2.00. The Hall–Kier alpha value is -1.48. The molecule has 0 bridgehead atoms. The van der Waals surface area contributed by atoms with Crippen molar-refractivity contribution in [2.75, 3.05) is 0 Å². The van der Waals surface area contributed by atoms with Crippen LogP contribution in [0.25, 0.3) is 11.0 Å². The lowest BCUT2D eigenvalue weighted by atomic mass is 10.2. The quantitative estimate of drug-likeness (QED) is 0.709. The summed E-state index contributed by atoms with van der Waals surface area (Å²) in [6, 6.07) is 5.88. The van der Waals surface area contributed by atoms with Gasteiger partial charge >= 0.3 is 0 Å². The number of benzene rings is 1. The highest BCUT2D eigenvalue weighted by molar-refractivity contribution is 5.77. The van der Waals surface area contributed by atoms with Gasteiger partial charge in [-0.2, -0.15) is 0 Å². The van der Waals surface area contributed by atoms with Crippen LogP contribution in [0.1, 0.15) is 11.3 Å². The number of nitrogens with zero attached hydrogens (tertiary/aromatic N) is 2. The fourth-order valence-corrected chi connectivity index (χ4v) is 1.34. The van der Waals surface area contributed by atoms with E-state index < -0.39 is 0 Å². The molecule has 2 aromatic rings. The van der Waals surface area contributed by atoms with Crippen molar-refractivity contribution in [2.45, 2.75) is 13.5 Å². The van der Waals surface area contributed by atoms with Gasteiger partial charge in [0.25, 0.3) is 0 Å². The smallest absolute Gasteiger partial charge is 0.0934 e. The average Bonchev–Trinajstić information content (AvgIpc) is 2.17. The van der Waals surface area contributed by atoms with Crippen molar-refractivity contribution < 1.29 is 0 Å². The van der Waals surface area contributed by atoms with Crippen LogP contribution >= 0.6 is 0 Å². The summed E-state index contributed by atoms with van der Waals surface area (Å²) >= 11 is 0. The van der Waals surface area contributed by atoms with Gasteiger partial charge in [-0.15, -0.1) is 0 Å². The minimum absolute atomic E-state index is 0.509. The predicted octanol–water partition coefficient (Wildman–Crippen LogP) is 1.40. The van der Waals surface area contributed by atoms with Gasteiger partial charge in [0.1, 0.15) is 0 Å². The van der Waals surface area contributed by atoms with E-state index in [1.165, 1.54) is 0 Å². The number of nitrogens with two attached hydrogens (primary N) is 1. The van der Waals surface area contributed by atoms with E-state index in [2.05, 4.69) is 9.97 Å². The molecule has 3 heteroatoms. The Morgan fingerprint density at radius 1 is 1.38 bits per heavy atom. The van der Waals surface area contributed by atoms with Crippen LogP contribution < -0.4 is 5.73 Å². The van der Waals surface area contributed by atoms with Gasteiger partial charge in [-0.05, 0) is 18.6 Å². The molecule has 0 unspecified atom stereocenters. The number of aromatic nitrogens is 2. The third-order valence-corrected chi connectivity index (χ3v) is 2.00. The largest absolute Gasteiger partial charge is 0.326 e. The van der Waals surface area contributed by atoms with Gasteiger partial charge in [-0.3, -0.25) is 4.98 Å². The maximum atomic E-state index is 5.60. The fraction of sp³-hybridized carbons (Fsp3) is 0.200. The zero-order chi connectivity index (χ0) is 9.26. The molecule has 0 aliphatic rings. The highest BCUT2D eigenvalue weighted by Crippen LogP contribution is 2.13. The number of hydrogen-bond acceptors (Lipinski definition) is 3. The van der Waals surface area contributed by atoms with Crippen molar-refractivity contribution >= 4 is 11.0 Å². The van der Waals surface area contributed by atoms with Crippen molar-refractivity contribution in [3.8, 4) is 0 Å². The number of fused-ring (bicyclic) bond motifs is 1. The topological polar surface area (TPSA) is 51.8 Å². The first-order valence-electron chi connectivity index (χ1n) is 4.22. The second kappa shape index (κ2) is 3.11. The molecule has 0 saturated heterocycles. The van der Waals surface area contributed by atoms with Crippen LogP contribution in [0.5, 0.6) is 0 Å². The number of hydrogen-bond donors (Lipinski definition) is 1. The molecule has 0 spiro atoms. The zero-order valence-corrected chi connectivity index (χ0v) is 7.49. The summed E-state index contributed by atoms with van der Waals surface area (Å²) in [6.07, 6.45) is 1.77. The maximum Gasteiger partial charge on any atom is 0.0934 e. The predicted molar refractivity (Wildman–Crippen MR) is 52.2 cm³/mol. The van der Waals surface area contributed by atoms with Crippen LogP contribution in [0.3, 0.4) is 0 Å². The molecular weight excluding hydrogens is 162 g/mol. The molecule has 0 aliphatic carbocycles. The summed E-state index contributed by atoms with van der Waals surface area (Å²) in [5, 5.41) is 0. The Bertz CT molecular complexity index is 437. The number of rotatable bonds is 1. The lowest BCUT2D eigenvalue weighted by molar-refractivity contribution is 1.06. The molecule has 1 aromatic carbocycles. The van der Waals surface area contributed by atoms with Crippen LogP contribution in [0.15, 0.2) is 24.4 Å². The first-order chi connectivity index (χ1) is 6.31. The van der Waals surface area contributed by atoms with Crippen LogP contribution in [-0.2, 0) is 6.54 Å². The van der Waals surface area contributed by atoms with E-state index in [9.17, 15) is 0 Å². The van der Waals surface area contributed by atoms with E-state index in [0.717, 1.165) is 22.3 Å². The standard InChI is InChI=1S/C10H11N3/c1-7-6-12-9-4-2-3-8(5-11)10(9)13-7/h2-4,6H,5,11H2,1H3. The van der Waals surface area contributed by atoms with Crippen LogP contribution in [-0.4, -0.2) is 9.97 Å². The van der Waals surface area contributed by atoms with Crippen LogP contribution in [0.4, 0.5) is 0 Å².